The lowest BCUT2D eigenvalue weighted by atomic mass is 9.44. The van der Waals surface area contributed by atoms with E-state index >= 15 is 0 Å². The molecule has 0 saturated heterocycles. The second kappa shape index (κ2) is 6.75. The average molecular weight is 385 g/mol. The van der Waals surface area contributed by atoms with Gasteiger partial charge in [0.25, 0.3) is 0 Å². The highest BCUT2D eigenvalue weighted by Crippen LogP contribution is 2.71. The highest BCUT2D eigenvalue weighted by molar-refractivity contribution is 5.13. The van der Waals surface area contributed by atoms with E-state index in [1.54, 1.807) is 44.9 Å². The molecule has 11 unspecified atom stereocenters. The highest BCUT2D eigenvalue weighted by Gasteiger charge is 2.64. The molecule has 0 aromatic heterocycles. The predicted octanol–water partition coefficient (Wildman–Crippen LogP) is 8.21. The van der Waals surface area contributed by atoms with Crippen molar-refractivity contribution in [1.82, 2.24) is 0 Å². The van der Waals surface area contributed by atoms with Crippen LogP contribution in [0.5, 0.6) is 0 Å². The van der Waals surface area contributed by atoms with E-state index in [1.807, 2.05) is 0 Å². The molecular formula is C28H48. The molecule has 0 aliphatic heterocycles. The molecule has 0 nitrogen and oxygen atoms in total. The summed E-state index contributed by atoms with van der Waals surface area (Å²) in [5, 5.41) is 0. The molecule has 0 radical (unpaired) electrons. The Balaban J connectivity index is 1.46. The maximum Gasteiger partial charge on any atom is -0.0261 e. The van der Waals surface area contributed by atoms with Gasteiger partial charge in [-0.3, -0.25) is 0 Å². The fraction of sp³-hybridized carbons (Fsp3) is 1.00. The fourth-order valence-corrected chi connectivity index (χ4v) is 10.8. The van der Waals surface area contributed by atoms with Gasteiger partial charge in [-0.2, -0.15) is 0 Å². The first kappa shape index (κ1) is 19.9. The van der Waals surface area contributed by atoms with Gasteiger partial charge in [0.05, 0.1) is 0 Å². The van der Waals surface area contributed by atoms with Crippen LogP contribution in [0.15, 0.2) is 0 Å². The zero-order chi connectivity index (χ0) is 19.8. The van der Waals surface area contributed by atoms with Crippen LogP contribution < -0.4 is 0 Å². The van der Waals surface area contributed by atoms with Crippen molar-refractivity contribution in [2.75, 3.05) is 0 Å². The third-order valence-electron chi connectivity index (χ3n) is 12.1. The van der Waals surface area contributed by atoms with Crippen LogP contribution in [0.3, 0.4) is 0 Å². The minimum Gasteiger partial charge on any atom is -0.0625 e. The normalized spacial score (nSPS) is 58.6. The molecule has 5 fully saturated rings. The van der Waals surface area contributed by atoms with Crippen LogP contribution in [0.1, 0.15) is 106 Å². The predicted molar refractivity (Wildman–Crippen MR) is 120 cm³/mol. The van der Waals surface area contributed by atoms with Crippen molar-refractivity contribution in [1.29, 1.82) is 0 Å². The van der Waals surface area contributed by atoms with Gasteiger partial charge in [0.1, 0.15) is 0 Å². The largest absolute Gasteiger partial charge is 0.0625 e. The molecule has 160 valence electrons. The maximum absolute atomic E-state index is 2.79. The maximum atomic E-state index is 2.79. The molecule has 28 heavy (non-hydrogen) atoms. The first-order chi connectivity index (χ1) is 13.3. The molecule has 0 N–H and O–H groups in total. The van der Waals surface area contributed by atoms with Gasteiger partial charge in [0.15, 0.2) is 0 Å². The molecule has 5 rings (SSSR count). The first-order valence-corrected chi connectivity index (χ1v) is 13.3. The third kappa shape index (κ3) is 2.67. The number of rotatable bonds is 1. The summed E-state index contributed by atoms with van der Waals surface area (Å²) >= 11 is 0. The Morgan fingerprint density at radius 1 is 0.714 bits per heavy atom. The van der Waals surface area contributed by atoms with Crippen LogP contribution in [0.4, 0.5) is 0 Å². The molecule has 5 saturated carbocycles. The van der Waals surface area contributed by atoms with Gasteiger partial charge in [-0.05, 0) is 121 Å². The molecule has 0 heteroatoms. The fourth-order valence-electron chi connectivity index (χ4n) is 10.8. The van der Waals surface area contributed by atoms with Crippen LogP contribution in [0, 0.1) is 70.0 Å². The summed E-state index contributed by atoms with van der Waals surface area (Å²) in [5.74, 6) is 10.2. The molecule has 0 aromatic rings. The zero-order valence-electron chi connectivity index (χ0n) is 19.8. The number of fused-ring (bicyclic) bond motifs is 7. The Hall–Kier alpha value is 0. The number of hydrogen-bond donors (Lipinski definition) is 0. The van der Waals surface area contributed by atoms with E-state index in [4.69, 9.17) is 0 Å². The van der Waals surface area contributed by atoms with Gasteiger partial charge in [-0.25, -0.2) is 0 Å². The molecule has 0 heterocycles. The minimum atomic E-state index is 0.671. The van der Waals surface area contributed by atoms with E-state index in [9.17, 15) is 0 Å². The lowest BCUT2D eigenvalue weighted by Gasteiger charge is -2.61. The number of hydrogen-bond acceptors (Lipinski definition) is 0. The Morgan fingerprint density at radius 2 is 1.46 bits per heavy atom. The van der Waals surface area contributed by atoms with E-state index < -0.39 is 0 Å². The van der Waals surface area contributed by atoms with Crippen LogP contribution in [-0.4, -0.2) is 0 Å². The van der Waals surface area contributed by atoms with Gasteiger partial charge in [-0.1, -0.05) is 54.4 Å². The molecule has 0 bridgehead atoms. The van der Waals surface area contributed by atoms with Crippen molar-refractivity contribution in [2.24, 2.45) is 70.0 Å². The van der Waals surface area contributed by atoms with Crippen molar-refractivity contribution in [2.45, 2.75) is 106 Å². The van der Waals surface area contributed by atoms with Crippen molar-refractivity contribution in [3.05, 3.63) is 0 Å². The topological polar surface area (TPSA) is 0 Å². The Kier molecular flexibility index (Phi) is 4.81. The zero-order valence-corrected chi connectivity index (χ0v) is 19.8. The molecule has 11 atom stereocenters. The van der Waals surface area contributed by atoms with Crippen molar-refractivity contribution in [3.63, 3.8) is 0 Å². The second-order valence-electron chi connectivity index (χ2n) is 13.5. The highest BCUT2D eigenvalue weighted by atomic mass is 14.7. The molecule has 5 aliphatic carbocycles. The van der Waals surface area contributed by atoms with Gasteiger partial charge in [0.2, 0.25) is 0 Å². The molecule has 5 aliphatic rings. The summed E-state index contributed by atoms with van der Waals surface area (Å²) in [5.41, 5.74) is 1.36. The summed E-state index contributed by atoms with van der Waals surface area (Å²) in [4.78, 5) is 0. The van der Waals surface area contributed by atoms with Gasteiger partial charge in [0, 0.05) is 0 Å². The van der Waals surface area contributed by atoms with Crippen LogP contribution in [0.25, 0.3) is 0 Å². The standard InChI is InChI=1S/C28H48/c1-17(2)21-9-7-19(4)26-23(21)16-25-22-10-8-20-15-18(3)11-13-27(20,5)24(22)12-14-28(25,26)6/h17-26H,7-16H2,1-6H3. The van der Waals surface area contributed by atoms with Gasteiger partial charge < -0.3 is 0 Å². The lowest BCUT2D eigenvalue weighted by molar-refractivity contribution is -0.122. The van der Waals surface area contributed by atoms with E-state index in [-0.39, 0.29) is 0 Å². The van der Waals surface area contributed by atoms with Gasteiger partial charge >= 0.3 is 0 Å². The molecule has 0 aromatic carbocycles. The quantitative estimate of drug-likeness (QED) is 0.427. The van der Waals surface area contributed by atoms with E-state index in [2.05, 4.69) is 41.5 Å². The third-order valence-corrected chi connectivity index (χ3v) is 12.1. The Morgan fingerprint density at radius 3 is 2.21 bits per heavy atom. The van der Waals surface area contributed by atoms with Crippen molar-refractivity contribution in [3.8, 4) is 0 Å². The van der Waals surface area contributed by atoms with Crippen LogP contribution >= 0.6 is 0 Å². The van der Waals surface area contributed by atoms with Crippen LogP contribution in [-0.2, 0) is 0 Å². The monoisotopic (exact) mass is 384 g/mol. The van der Waals surface area contributed by atoms with E-state index in [1.165, 1.54) is 19.3 Å². The van der Waals surface area contributed by atoms with Crippen molar-refractivity contribution < 1.29 is 0 Å². The smallest absolute Gasteiger partial charge is 0.0261 e. The second-order valence-corrected chi connectivity index (χ2v) is 13.5. The molecular weight excluding hydrogens is 336 g/mol. The lowest BCUT2D eigenvalue weighted by Crippen LogP contribution is -2.53. The van der Waals surface area contributed by atoms with Crippen molar-refractivity contribution >= 4 is 0 Å². The minimum absolute atomic E-state index is 0.671. The van der Waals surface area contributed by atoms with Gasteiger partial charge in [-0.15, -0.1) is 0 Å². The summed E-state index contributed by atoms with van der Waals surface area (Å²) in [7, 11) is 0. The molecule has 0 spiro atoms. The summed E-state index contributed by atoms with van der Waals surface area (Å²) in [6.45, 7) is 15.8. The summed E-state index contributed by atoms with van der Waals surface area (Å²) in [6.07, 6.45) is 15.5. The SMILES string of the molecule is CC1CCC2(C)C(CCC3C2CCC2(C)C3CC3C(C(C)C)CCC(C)C32)C1. The summed E-state index contributed by atoms with van der Waals surface area (Å²) in [6, 6.07) is 0. The van der Waals surface area contributed by atoms with E-state index in [0.717, 1.165) is 59.2 Å². The summed E-state index contributed by atoms with van der Waals surface area (Å²) < 4.78 is 0. The average Bonchev–Trinajstić information content (AvgIpc) is 2.96. The van der Waals surface area contributed by atoms with Crippen LogP contribution in [0.2, 0.25) is 0 Å². The first-order valence-electron chi connectivity index (χ1n) is 13.3. The molecule has 0 amide bonds. The Bertz CT molecular complexity index is 591. The van der Waals surface area contributed by atoms with E-state index in [0.29, 0.717) is 10.8 Å². The Labute approximate surface area is 176 Å².